The highest BCUT2D eigenvalue weighted by molar-refractivity contribution is 7.92. The molecule has 0 bridgehead atoms. The minimum atomic E-state index is -3.41. The highest BCUT2D eigenvalue weighted by atomic mass is 32.2. The first-order valence-electron chi connectivity index (χ1n) is 11.9. The quantitative estimate of drug-likeness (QED) is 0.386. The molecule has 2 fully saturated rings. The molecule has 0 radical (unpaired) electrons. The van der Waals surface area contributed by atoms with Crippen LogP contribution in [-0.4, -0.2) is 31.8 Å². The Balaban J connectivity index is 1.50. The molecule has 2 aromatic carbocycles. The van der Waals surface area contributed by atoms with E-state index in [2.05, 4.69) is 15.4 Å². The Morgan fingerprint density at radius 3 is 2.37 bits per heavy atom. The lowest BCUT2D eigenvalue weighted by molar-refractivity contribution is 0.0819. The first-order chi connectivity index (χ1) is 16.8. The molecule has 0 spiro atoms. The molecular formula is C26H27F2N3O3S. The van der Waals surface area contributed by atoms with Crippen LogP contribution in [0.25, 0.3) is 22.2 Å². The first kappa shape index (κ1) is 23.6. The van der Waals surface area contributed by atoms with Gasteiger partial charge >= 0.3 is 0 Å². The molecule has 0 unspecified atom stereocenters. The zero-order valence-corrected chi connectivity index (χ0v) is 20.0. The smallest absolute Gasteiger partial charge is 0.272 e. The first-order valence-corrected chi connectivity index (χ1v) is 13.6. The van der Waals surface area contributed by atoms with Crippen LogP contribution in [0.1, 0.15) is 50.1 Å². The van der Waals surface area contributed by atoms with E-state index in [1.54, 1.807) is 30.3 Å². The lowest BCUT2D eigenvalue weighted by atomic mass is 9.87. The Kier molecular flexibility index (Phi) is 6.41. The number of sulfonamides is 1. The summed E-state index contributed by atoms with van der Waals surface area (Å²) in [5.41, 5.74) is 3.31. The predicted molar refractivity (Wildman–Crippen MR) is 131 cm³/mol. The number of hydrogen-bond acceptors (Lipinski definition) is 4. The molecule has 1 heterocycles. The van der Waals surface area contributed by atoms with Gasteiger partial charge in [-0.2, -0.15) is 5.26 Å². The average Bonchev–Trinajstić information content (AvgIpc) is 3.07. The van der Waals surface area contributed by atoms with Crippen molar-refractivity contribution in [3.8, 4) is 23.1 Å². The maximum absolute atomic E-state index is 12.7. The van der Waals surface area contributed by atoms with Crippen molar-refractivity contribution < 1.29 is 21.9 Å². The molecule has 1 N–H and O–H groups in total. The Morgan fingerprint density at radius 1 is 1.09 bits per heavy atom. The van der Waals surface area contributed by atoms with Gasteiger partial charge in [0.05, 0.1) is 22.5 Å². The Morgan fingerprint density at radius 2 is 1.80 bits per heavy atom. The summed E-state index contributed by atoms with van der Waals surface area (Å²) in [5, 5.41) is 10.8. The van der Waals surface area contributed by atoms with Gasteiger partial charge in [0.15, 0.2) is 0 Å². The van der Waals surface area contributed by atoms with Gasteiger partial charge in [-0.15, -0.1) is 0 Å². The van der Waals surface area contributed by atoms with E-state index < -0.39 is 23.1 Å². The summed E-state index contributed by atoms with van der Waals surface area (Å²) < 4.78 is 60.3. The van der Waals surface area contributed by atoms with E-state index in [0.717, 1.165) is 60.7 Å². The van der Waals surface area contributed by atoms with E-state index in [1.165, 1.54) is 0 Å². The fourth-order valence-electron chi connectivity index (χ4n) is 4.85. The molecule has 0 aliphatic heterocycles. The van der Waals surface area contributed by atoms with Gasteiger partial charge in [-0.25, -0.2) is 17.2 Å². The van der Waals surface area contributed by atoms with Crippen LogP contribution in [-0.2, 0) is 10.0 Å². The molecule has 2 saturated carbocycles. The standard InChI is InChI=1S/C26H27F2N3O3S/c27-25(28)15-34-21-11-12-22-23(14-29)26(31(24(22)13-21)20-5-2-6-20)18-7-9-19(10-8-18)30-35(32,33)16-17-3-1-4-17/h7-13,17,20,25,30H,1-6,15-16H2. The van der Waals surface area contributed by atoms with Gasteiger partial charge in [-0.3, -0.25) is 4.72 Å². The van der Waals surface area contributed by atoms with Gasteiger partial charge in [-0.05, 0) is 67.9 Å². The summed E-state index contributed by atoms with van der Waals surface area (Å²) >= 11 is 0. The van der Waals surface area contributed by atoms with E-state index in [1.807, 2.05) is 12.1 Å². The normalized spacial score (nSPS) is 16.6. The number of alkyl halides is 2. The molecule has 9 heteroatoms. The predicted octanol–water partition coefficient (Wildman–Crippen LogP) is 6.09. The van der Waals surface area contributed by atoms with Gasteiger partial charge in [0.25, 0.3) is 6.43 Å². The van der Waals surface area contributed by atoms with Crippen LogP contribution >= 0.6 is 0 Å². The summed E-state index contributed by atoms with van der Waals surface area (Å²) in [7, 11) is -3.41. The summed E-state index contributed by atoms with van der Waals surface area (Å²) in [6, 6.07) is 14.7. The lowest BCUT2D eigenvalue weighted by Crippen LogP contribution is -2.26. The maximum atomic E-state index is 12.7. The van der Waals surface area contributed by atoms with Crippen molar-refractivity contribution in [3.63, 3.8) is 0 Å². The van der Waals surface area contributed by atoms with Crippen LogP contribution in [0.5, 0.6) is 5.75 Å². The number of hydrogen-bond donors (Lipinski definition) is 1. The molecule has 184 valence electrons. The van der Waals surface area contributed by atoms with Gasteiger partial charge in [-0.1, -0.05) is 18.6 Å². The van der Waals surface area contributed by atoms with Gasteiger partial charge in [0, 0.05) is 23.2 Å². The van der Waals surface area contributed by atoms with E-state index >= 15 is 0 Å². The topological polar surface area (TPSA) is 84.1 Å². The van der Waals surface area contributed by atoms with Crippen LogP contribution in [0.2, 0.25) is 0 Å². The monoisotopic (exact) mass is 499 g/mol. The Bertz CT molecular complexity index is 1370. The van der Waals surface area contributed by atoms with Crippen molar-refractivity contribution in [2.45, 2.75) is 51.0 Å². The molecule has 0 amide bonds. The molecule has 5 rings (SSSR count). The third-order valence-corrected chi connectivity index (χ3v) is 8.47. The largest absolute Gasteiger partial charge is 0.488 e. The van der Waals surface area contributed by atoms with E-state index in [4.69, 9.17) is 4.74 Å². The van der Waals surface area contributed by atoms with Crippen LogP contribution < -0.4 is 9.46 Å². The molecule has 2 aliphatic carbocycles. The molecular weight excluding hydrogens is 472 g/mol. The number of fused-ring (bicyclic) bond motifs is 1. The SMILES string of the molecule is N#Cc1c(-c2ccc(NS(=O)(=O)CC3CCC3)cc2)n(C2CCC2)c2cc(OCC(F)F)ccc12. The minimum absolute atomic E-state index is 0.138. The summed E-state index contributed by atoms with van der Waals surface area (Å²) in [6.45, 7) is -0.689. The number of rotatable bonds is 9. The molecule has 2 aliphatic rings. The summed E-state index contributed by atoms with van der Waals surface area (Å²) in [6.07, 6.45) is 3.43. The highest BCUT2D eigenvalue weighted by Gasteiger charge is 2.28. The second-order valence-corrected chi connectivity index (χ2v) is 11.2. The number of halogens is 2. The lowest BCUT2D eigenvalue weighted by Gasteiger charge is -2.30. The molecule has 0 atom stereocenters. The molecule has 0 saturated heterocycles. The molecule has 3 aromatic rings. The number of nitrogens with one attached hydrogen (secondary N) is 1. The second-order valence-electron chi connectivity index (χ2n) is 9.43. The van der Waals surface area contributed by atoms with Gasteiger partial charge in [0.1, 0.15) is 18.4 Å². The Labute approximate surface area is 203 Å². The van der Waals surface area contributed by atoms with Crippen LogP contribution in [0.3, 0.4) is 0 Å². The zero-order valence-electron chi connectivity index (χ0n) is 19.2. The number of nitrogens with zero attached hydrogens (tertiary/aromatic N) is 2. The van der Waals surface area contributed by atoms with Crippen molar-refractivity contribution in [3.05, 3.63) is 48.0 Å². The van der Waals surface area contributed by atoms with E-state index in [-0.39, 0.29) is 17.7 Å². The van der Waals surface area contributed by atoms with Crippen molar-refractivity contribution in [1.29, 1.82) is 5.26 Å². The number of anilines is 1. The van der Waals surface area contributed by atoms with E-state index in [9.17, 15) is 22.5 Å². The Hall–Kier alpha value is -3.12. The second kappa shape index (κ2) is 9.50. The number of aromatic nitrogens is 1. The third kappa shape index (κ3) is 4.85. The summed E-state index contributed by atoms with van der Waals surface area (Å²) in [5.74, 6) is 0.708. The van der Waals surface area contributed by atoms with Gasteiger partial charge in [0.2, 0.25) is 10.0 Å². The van der Waals surface area contributed by atoms with Crippen molar-refractivity contribution >= 4 is 26.6 Å². The van der Waals surface area contributed by atoms with Crippen LogP contribution in [0.15, 0.2) is 42.5 Å². The highest BCUT2D eigenvalue weighted by Crippen LogP contribution is 2.43. The number of ether oxygens (including phenoxy) is 1. The van der Waals surface area contributed by atoms with E-state index in [0.29, 0.717) is 17.0 Å². The summed E-state index contributed by atoms with van der Waals surface area (Å²) in [4.78, 5) is 0. The van der Waals surface area contributed by atoms with Crippen LogP contribution in [0.4, 0.5) is 14.5 Å². The maximum Gasteiger partial charge on any atom is 0.272 e. The number of nitriles is 1. The van der Waals surface area contributed by atoms with Crippen LogP contribution in [0, 0.1) is 17.2 Å². The number of benzene rings is 2. The molecule has 35 heavy (non-hydrogen) atoms. The molecule has 1 aromatic heterocycles. The zero-order chi connectivity index (χ0) is 24.6. The average molecular weight is 500 g/mol. The van der Waals surface area contributed by atoms with Gasteiger partial charge < -0.3 is 9.30 Å². The minimum Gasteiger partial charge on any atom is -0.488 e. The fraction of sp³-hybridized carbons (Fsp3) is 0.423. The van der Waals surface area contributed by atoms with Crippen molar-refractivity contribution in [1.82, 2.24) is 4.57 Å². The fourth-order valence-corrected chi connectivity index (χ4v) is 6.38. The molecule has 6 nitrogen and oxygen atoms in total. The van der Waals surface area contributed by atoms with Crippen molar-refractivity contribution in [2.75, 3.05) is 17.1 Å². The third-order valence-electron chi connectivity index (χ3n) is 7.01. The van der Waals surface area contributed by atoms with Crippen molar-refractivity contribution in [2.24, 2.45) is 5.92 Å².